The third-order valence-electron chi connectivity index (χ3n) is 4.98. The Morgan fingerprint density at radius 2 is 2.09 bits per heavy atom. The molecule has 1 aromatic carbocycles. The highest BCUT2D eigenvalue weighted by Crippen LogP contribution is 2.38. The van der Waals surface area contributed by atoms with Crippen molar-refractivity contribution in [3.05, 3.63) is 52.2 Å². The molecule has 3 aromatic rings. The lowest BCUT2D eigenvalue weighted by molar-refractivity contribution is -0.0504. The maximum atomic E-state index is 12.6. The number of carbonyl (C=O) groups excluding carboxylic acids is 1. The molecule has 2 aromatic heterocycles. The quantitative estimate of drug-likeness (QED) is 0.245. The highest BCUT2D eigenvalue weighted by molar-refractivity contribution is 7.46. The molecule has 1 aliphatic rings. The second-order valence-electron chi connectivity index (χ2n) is 7.40. The number of aromatic nitrogens is 4. The molecule has 0 aliphatic carbocycles. The van der Waals surface area contributed by atoms with E-state index in [-0.39, 0.29) is 17.0 Å². The Kier molecular flexibility index (Phi) is 6.16. The van der Waals surface area contributed by atoms with Gasteiger partial charge in [0.2, 0.25) is 0 Å². The molecule has 33 heavy (non-hydrogen) atoms. The third kappa shape index (κ3) is 4.86. The molecule has 1 aliphatic heterocycles. The molecular formula is C18H20N5O9P. The number of imidazole rings is 1. The monoisotopic (exact) mass is 481 g/mol. The summed E-state index contributed by atoms with van der Waals surface area (Å²) in [4.78, 5) is 52.8. The summed E-state index contributed by atoms with van der Waals surface area (Å²) < 4.78 is 21.9. The van der Waals surface area contributed by atoms with Crippen LogP contribution in [0.4, 0.5) is 5.82 Å². The summed E-state index contributed by atoms with van der Waals surface area (Å²) in [5.74, 6) is -0.539. The zero-order valence-corrected chi connectivity index (χ0v) is 17.9. The number of hydrogen-bond acceptors (Lipinski definition) is 9. The van der Waals surface area contributed by atoms with Crippen molar-refractivity contribution in [2.24, 2.45) is 0 Å². The predicted octanol–water partition coefficient (Wildman–Crippen LogP) is -0.591. The van der Waals surface area contributed by atoms with E-state index in [4.69, 9.17) is 14.5 Å². The van der Waals surface area contributed by atoms with E-state index < -0.39 is 50.6 Å². The average molecular weight is 481 g/mol. The molecule has 176 valence electrons. The van der Waals surface area contributed by atoms with Crippen LogP contribution < -0.4 is 11.0 Å². The van der Waals surface area contributed by atoms with Crippen LogP contribution in [0.2, 0.25) is 0 Å². The summed E-state index contributed by atoms with van der Waals surface area (Å²) in [7, 11) is -4.83. The number of aliphatic hydroxyl groups is 2. The van der Waals surface area contributed by atoms with Crippen molar-refractivity contribution in [1.82, 2.24) is 19.5 Å². The number of rotatable bonds is 6. The number of hydrogen-bond donors (Lipinski definition) is 6. The molecule has 1 amide bonds. The van der Waals surface area contributed by atoms with Crippen molar-refractivity contribution in [3.63, 3.8) is 0 Å². The SMILES string of the molecule is Cc1cccc(C(=O)Nc2[nH]c(=O)nc3c2ncn3C2OC(COP(=O)(O)O)C(O)C2O)c1. The van der Waals surface area contributed by atoms with Crippen molar-refractivity contribution in [2.45, 2.75) is 31.5 Å². The van der Waals surface area contributed by atoms with E-state index in [1.165, 1.54) is 6.33 Å². The fourth-order valence-corrected chi connectivity index (χ4v) is 3.79. The van der Waals surface area contributed by atoms with Crippen molar-refractivity contribution >= 4 is 30.7 Å². The summed E-state index contributed by atoms with van der Waals surface area (Å²) in [6.07, 6.45) is -4.51. The van der Waals surface area contributed by atoms with Gasteiger partial charge in [0, 0.05) is 5.56 Å². The van der Waals surface area contributed by atoms with Crippen LogP contribution in [0.1, 0.15) is 22.1 Å². The summed E-state index contributed by atoms with van der Waals surface area (Å²) in [6.45, 7) is 1.13. The number of benzene rings is 1. The zero-order valence-electron chi connectivity index (χ0n) is 17.0. The number of anilines is 1. The standard InChI is InChI=1S/C18H20N5O9P/c1-8-3-2-4-9(5-8)16(26)20-14-11-15(22-18(27)21-14)23(7-19-11)17-13(25)12(24)10(32-17)6-31-33(28,29)30/h2-5,7,10,12-13,17,24-25H,6H2,1H3,(H2,28,29,30)(H2,20,21,22,26,27). The Balaban J connectivity index is 1.63. The van der Waals surface area contributed by atoms with Gasteiger partial charge in [-0.05, 0) is 19.1 Å². The zero-order chi connectivity index (χ0) is 23.9. The first-order valence-electron chi connectivity index (χ1n) is 9.60. The minimum absolute atomic E-state index is 0.0373. The maximum absolute atomic E-state index is 12.6. The number of phosphoric ester groups is 1. The lowest BCUT2D eigenvalue weighted by Crippen LogP contribution is -2.33. The number of aromatic amines is 1. The first-order valence-corrected chi connectivity index (χ1v) is 11.1. The number of aryl methyl sites for hydroxylation is 1. The van der Waals surface area contributed by atoms with Gasteiger partial charge in [-0.25, -0.2) is 14.3 Å². The Morgan fingerprint density at radius 3 is 2.79 bits per heavy atom. The topological polar surface area (TPSA) is 209 Å². The molecular weight excluding hydrogens is 461 g/mol. The number of nitrogens with zero attached hydrogens (tertiary/aromatic N) is 3. The molecule has 1 fully saturated rings. The molecule has 14 nitrogen and oxygen atoms in total. The first-order chi connectivity index (χ1) is 15.5. The van der Waals surface area contributed by atoms with E-state index in [9.17, 15) is 24.4 Å². The van der Waals surface area contributed by atoms with Crippen LogP contribution in [0.3, 0.4) is 0 Å². The molecule has 4 rings (SSSR count). The van der Waals surface area contributed by atoms with E-state index in [1.807, 2.05) is 13.0 Å². The summed E-state index contributed by atoms with van der Waals surface area (Å²) in [5, 5.41) is 23.1. The van der Waals surface area contributed by atoms with E-state index in [0.717, 1.165) is 10.1 Å². The fourth-order valence-electron chi connectivity index (χ4n) is 3.45. The molecule has 4 atom stereocenters. The van der Waals surface area contributed by atoms with Crippen molar-refractivity contribution in [2.75, 3.05) is 11.9 Å². The van der Waals surface area contributed by atoms with Gasteiger partial charge in [0.15, 0.2) is 11.9 Å². The van der Waals surface area contributed by atoms with Crippen LogP contribution in [0, 0.1) is 6.92 Å². The smallest absolute Gasteiger partial charge is 0.387 e. The number of ether oxygens (including phenoxy) is 1. The van der Waals surface area contributed by atoms with Gasteiger partial charge in [0.1, 0.15) is 29.6 Å². The van der Waals surface area contributed by atoms with E-state index in [2.05, 4.69) is 24.8 Å². The Bertz CT molecular complexity index is 1300. The summed E-state index contributed by atoms with van der Waals surface area (Å²) in [5.41, 5.74) is 0.412. The van der Waals surface area contributed by atoms with Crippen LogP contribution in [0.15, 0.2) is 35.4 Å². The number of nitrogens with one attached hydrogen (secondary N) is 2. The lowest BCUT2D eigenvalue weighted by Gasteiger charge is -2.16. The summed E-state index contributed by atoms with van der Waals surface area (Å²) >= 11 is 0. The Hall–Kier alpha value is -2.97. The molecule has 6 N–H and O–H groups in total. The van der Waals surface area contributed by atoms with Gasteiger partial charge in [-0.1, -0.05) is 17.7 Å². The molecule has 4 unspecified atom stereocenters. The second-order valence-corrected chi connectivity index (χ2v) is 8.64. The van der Waals surface area contributed by atoms with Crippen molar-refractivity contribution in [1.29, 1.82) is 0 Å². The largest absolute Gasteiger partial charge is 0.469 e. The normalized spacial score (nSPS) is 23.2. The molecule has 0 bridgehead atoms. The predicted molar refractivity (Wildman–Crippen MR) is 111 cm³/mol. The molecule has 1 saturated heterocycles. The highest BCUT2D eigenvalue weighted by Gasteiger charge is 2.45. The van der Waals surface area contributed by atoms with Crippen molar-refractivity contribution < 1.29 is 38.6 Å². The third-order valence-corrected chi connectivity index (χ3v) is 5.47. The van der Waals surface area contributed by atoms with Gasteiger partial charge in [-0.15, -0.1) is 0 Å². The van der Waals surface area contributed by atoms with E-state index >= 15 is 0 Å². The van der Waals surface area contributed by atoms with Gasteiger partial charge >= 0.3 is 13.5 Å². The Labute approximate surface area is 185 Å². The number of H-pyrrole nitrogens is 1. The van der Waals surface area contributed by atoms with Gasteiger partial charge < -0.3 is 30.1 Å². The van der Waals surface area contributed by atoms with E-state index in [1.54, 1.807) is 18.2 Å². The van der Waals surface area contributed by atoms with Gasteiger partial charge in [0.05, 0.1) is 12.9 Å². The van der Waals surface area contributed by atoms with Crippen molar-refractivity contribution in [3.8, 4) is 0 Å². The molecule has 15 heteroatoms. The van der Waals surface area contributed by atoms with Crippen LogP contribution in [-0.2, 0) is 13.8 Å². The number of fused-ring (bicyclic) bond motifs is 1. The molecule has 0 spiro atoms. The highest BCUT2D eigenvalue weighted by atomic mass is 31.2. The molecule has 0 radical (unpaired) electrons. The maximum Gasteiger partial charge on any atom is 0.469 e. The number of amides is 1. The first kappa shape index (κ1) is 23.2. The van der Waals surface area contributed by atoms with Crippen LogP contribution in [0.25, 0.3) is 11.2 Å². The second kappa shape index (κ2) is 8.76. The van der Waals surface area contributed by atoms with Crippen LogP contribution in [-0.4, -0.2) is 70.3 Å². The van der Waals surface area contributed by atoms with E-state index in [0.29, 0.717) is 5.56 Å². The molecule has 3 heterocycles. The average Bonchev–Trinajstić information content (AvgIpc) is 3.27. The number of carbonyl (C=O) groups is 1. The van der Waals surface area contributed by atoms with Gasteiger partial charge in [-0.2, -0.15) is 4.98 Å². The van der Waals surface area contributed by atoms with Crippen LogP contribution in [0.5, 0.6) is 0 Å². The summed E-state index contributed by atoms with van der Waals surface area (Å²) in [6, 6.07) is 6.79. The Morgan fingerprint density at radius 1 is 1.33 bits per heavy atom. The minimum atomic E-state index is -4.83. The lowest BCUT2D eigenvalue weighted by atomic mass is 10.1. The van der Waals surface area contributed by atoms with Gasteiger partial charge in [0.25, 0.3) is 5.91 Å². The molecule has 0 saturated carbocycles. The van der Waals surface area contributed by atoms with Crippen LogP contribution >= 0.6 is 7.82 Å². The fraction of sp³-hybridized carbons (Fsp3) is 0.333. The minimum Gasteiger partial charge on any atom is -0.387 e. The van der Waals surface area contributed by atoms with Gasteiger partial charge in [-0.3, -0.25) is 18.9 Å². The number of phosphoric acid groups is 1. The number of aliphatic hydroxyl groups excluding tert-OH is 2.